The van der Waals surface area contributed by atoms with Gasteiger partial charge in [-0.05, 0) is 63.8 Å². The lowest BCUT2D eigenvalue weighted by Gasteiger charge is -2.30. The first-order valence-corrected chi connectivity index (χ1v) is 8.73. The zero-order valence-corrected chi connectivity index (χ0v) is 16.1. The van der Waals surface area contributed by atoms with Crippen molar-refractivity contribution in [1.82, 2.24) is 4.90 Å². The first-order chi connectivity index (χ1) is 12.1. The van der Waals surface area contributed by atoms with Gasteiger partial charge < -0.3 is 19.1 Å². The molecule has 25 heavy (non-hydrogen) atoms. The summed E-state index contributed by atoms with van der Waals surface area (Å²) in [6.07, 6.45) is 0.781. The van der Waals surface area contributed by atoms with Gasteiger partial charge in [-0.1, -0.05) is 0 Å². The van der Waals surface area contributed by atoms with Crippen LogP contribution in [0.4, 0.5) is 0 Å². The van der Waals surface area contributed by atoms with Crippen LogP contribution in [-0.2, 0) is 13.0 Å². The van der Waals surface area contributed by atoms with Gasteiger partial charge in [-0.3, -0.25) is 4.79 Å². The van der Waals surface area contributed by atoms with Gasteiger partial charge in [-0.15, -0.1) is 0 Å². The maximum atomic E-state index is 13.0. The molecule has 0 saturated carbocycles. The Kier molecular flexibility index (Phi) is 5.18. The molecule has 6 heteroatoms. The van der Waals surface area contributed by atoms with E-state index in [2.05, 4.69) is 15.9 Å². The number of carbonyl (C=O) groups excluding carboxylic acids is 1. The lowest BCUT2D eigenvalue weighted by molar-refractivity contribution is 0.0733. The second kappa shape index (κ2) is 7.35. The Morgan fingerprint density at radius 2 is 1.68 bits per heavy atom. The highest BCUT2D eigenvalue weighted by molar-refractivity contribution is 9.10. The van der Waals surface area contributed by atoms with Crippen molar-refractivity contribution in [2.75, 3.05) is 27.9 Å². The Balaban J connectivity index is 1.88. The molecule has 0 radical (unpaired) electrons. The van der Waals surface area contributed by atoms with Crippen LogP contribution in [0.15, 0.2) is 34.8 Å². The topological polar surface area (TPSA) is 48.0 Å². The van der Waals surface area contributed by atoms with E-state index in [0.29, 0.717) is 30.2 Å². The fourth-order valence-electron chi connectivity index (χ4n) is 3.02. The molecule has 1 aliphatic rings. The summed E-state index contributed by atoms with van der Waals surface area (Å²) in [6, 6.07) is 9.36. The number of halogens is 1. The predicted octanol–water partition coefficient (Wildman–Crippen LogP) is 3.67. The molecule has 2 aromatic carbocycles. The minimum absolute atomic E-state index is 0.0220. The van der Waals surface area contributed by atoms with E-state index in [4.69, 9.17) is 14.2 Å². The second-order valence-corrected chi connectivity index (χ2v) is 6.65. The molecule has 0 atom stereocenters. The number of hydrogen-bond acceptors (Lipinski definition) is 4. The zero-order chi connectivity index (χ0) is 18.0. The van der Waals surface area contributed by atoms with Crippen LogP contribution in [0.25, 0.3) is 0 Å². The van der Waals surface area contributed by atoms with Gasteiger partial charge in [0.05, 0.1) is 26.9 Å². The molecule has 5 nitrogen and oxygen atoms in total. The van der Waals surface area contributed by atoms with Crippen molar-refractivity contribution >= 4 is 21.8 Å². The third kappa shape index (κ3) is 3.44. The molecule has 1 heterocycles. The summed E-state index contributed by atoms with van der Waals surface area (Å²) >= 11 is 3.46. The largest absolute Gasteiger partial charge is 0.497 e. The van der Waals surface area contributed by atoms with Crippen LogP contribution in [0, 0.1) is 0 Å². The molecular weight excluding hydrogens is 386 g/mol. The first kappa shape index (κ1) is 17.6. The van der Waals surface area contributed by atoms with Gasteiger partial charge in [0.15, 0.2) is 11.5 Å². The van der Waals surface area contributed by atoms with Crippen molar-refractivity contribution in [1.29, 1.82) is 0 Å². The number of rotatable bonds is 4. The minimum Gasteiger partial charge on any atom is -0.497 e. The Labute approximate surface area is 155 Å². The average molecular weight is 406 g/mol. The summed E-state index contributed by atoms with van der Waals surface area (Å²) in [6.45, 7) is 1.20. The molecule has 3 rings (SSSR count). The Morgan fingerprint density at radius 1 is 1.00 bits per heavy atom. The third-order valence-corrected chi connectivity index (χ3v) is 5.10. The SMILES string of the molecule is COc1ccc(Br)c(C(=O)N2CCc3cc(OC)c(OC)cc3C2)c1. The van der Waals surface area contributed by atoms with Crippen LogP contribution in [0.1, 0.15) is 21.5 Å². The highest BCUT2D eigenvalue weighted by Crippen LogP contribution is 2.34. The molecule has 0 bridgehead atoms. The van der Waals surface area contributed by atoms with Crippen LogP contribution in [0.2, 0.25) is 0 Å². The monoisotopic (exact) mass is 405 g/mol. The van der Waals surface area contributed by atoms with E-state index in [1.807, 2.05) is 29.2 Å². The van der Waals surface area contributed by atoms with E-state index >= 15 is 0 Å². The Bertz CT molecular complexity index is 806. The molecule has 0 aromatic heterocycles. The number of benzene rings is 2. The summed E-state index contributed by atoms with van der Waals surface area (Å²) in [5.41, 5.74) is 2.87. The lowest BCUT2D eigenvalue weighted by Crippen LogP contribution is -2.36. The van der Waals surface area contributed by atoms with Crippen molar-refractivity contribution in [3.63, 3.8) is 0 Å². The predicted molar refractivity (Wildman–Crippen MR) is 98.7 cm³/mol. The van der Waals surface area contributed by atoms with Crippen molar-refractivity contribution in [3.05, 3.63) is 51.5 Å². The smallest absolute Gasteiger partial charge is 0.255 e. The van der Waals surface area contributed by atoms with E-state index in [1.54, 1.807) is 27.4 Å². The fourth-order valence-corrected chi connectivity index (χ4v) is 3.44. The summed E-state index contributed by atoms with van der Waals surface area (Å²) in [5.74, 6) is 2.04. The molecule has 0 N–H and O–H groups in total. The van der Waals surface area contributed by atoms with Crippen LogP contribution >= 0.6 is 15.9 Å². The van der Waals surface area contributed by atoms with Gasteiger partial charge in [-0.2, -0.15) is 0 Å². The minimum atomic E-state index is -0.0220. The van der Waals surface area contributed by atoms with Crippen LogP contribution in [0.5, 0.6) is 17.2 Å². The molecule has 0 unspecified atom stereocenters. The number of carbonyl (C=O) groups is 1. The molecule has 0 spiro atoms. The van der Waals surface area contributed by atoms with Gasteiger partial charge in [0.1, 0.15) is 5.75 Å². The summed E-state index contributed by atoms with van der Waals surface area (Å²) in [4.78, 5) is 14.8. The number of amides is 1. The van der Waals surface area contributed by atoms with E-state index in [-0.39, 0.29) is 5.91 Å². The van der Waals surface area contributed by atoms with Crippen molar-refractivity contribution in [2.24, 2.45) is 0 Å². The molecule has 0 aliphatic carbocycles. The van der Waals surface area contributed by atoms with E-state index < -0.39 is 0 Å². The van der Waals surface area contributed by atoms with E-state index in [0.717, 1.165) is 22.2 Å². The van der Waals surface area contributed by atoms with Crippen molar-refractivity contribution < 1.29 is 19.0 Å². The normalized spacial score (nSPS) is 13.2. The molecular formula is C19H20BrNO4. The quantitative estimate of drug-likeness (QED) is 0.778. The summed E-state index contributed by atoms with van der Waals surface area (Å²) in [7, 11) is 4.83. The van der Waals surface area contributed by atoms with Gasteiger partial charge >= 0.3 is 0 Å². The number of fused-ring (bicyclic) bond motifs is 1. The van der Waals surface area contributed by atoms with Gasteiger partial charge in [0.25, 0.3) is 5.91 Å². The van der Waals surface area contributed by atoms with Crippen molar-refractivity contribution in [3.8, 4) is 17.2 Å². The van der Waals surface area contributed by atoms with Gasteiger partial charge in [0.2, 0.25) is 0 Å². The van der Waals surface area contributed by atoms with Gasteiger partial charge in [0, 0.05) is 17.6 Å². The molecule has 0 saturated heterocycles. The van der Waals surface area contributed by atoms with Gasteiger partial charge in [-0.25, -0.2) is 0 Å². The molecule has 2 aromatic rings. The van der Waals surface area contributed by atoms with E-state index in [1.165, 1.54) is 5.56 Å². The molecule has 1 aliphatic heterocycles. The maximum Gasteiger partial charge on any atom is 0.255 e. The highest BCUT2D eigenvalue weighted by atomic mass is 79.9. The zero-order valence-electron chi connectivity index (χ0n) is 14.5. The molecule has 132 valence electrons. The van der Waals surface area contributed by atoms with E-state index in [9.17, 15) is 4.79 Å². The van der Waals surface area contributed by atoms with Crippen molar-refractivity contribution in [2.45, 2.75) is 13.0 Å². The number of ether oxygens (including phenoxy) is 3. The van der Waals surface area contributed by atoms with Crippen LogP contribution in [0.3, 0.4) is 0 Å². The number of nitrogens with zero attached hydrogens (tertiary/aromatic N) is 1. The highest BCUT2D eigenvalue weighted by Gasteiger charge is 2.25. The maximum absolute atomic E-state index is 13.0. The molecule has 1 amide bonds. The first-order valence-electron chi connectivity index (χ1n) is 7.94. The van der Waals surface area contributed by atoms with Crippen LogP contribution in [-0.4, -0.2) is 38.7 Å². The molecule has 0 fully saturated rings. The Hall–Kier alpha value is -2.21. The standard InChI is InChI=1S/C19H20BrNO4/c1-23-14-4-5-16(20)15(10-14)19(22)21-7-6-12-8-17(24-2)18(25-3)9-13(12)11-21/h4-5,8-10H,6-7,11H2,1-3H3. The number of methoxy groups -OCH3 is 3. The lowest BCUT2D eigenvalue weighted by atomic mass is 9.98. The van der Waals surface area contributed by atoms with Crippen LogP contribution < -0.4 is 14.2 Å². The second-order valence-electron chi connectivity index (χ2n) is 5.80. The third-order valence-electron chi connectivity index (χ3n) is 4.41. The fraction of sp³-hybridized carbons (Fsp3) is 0.316. The average Bonchev–Trinajstić information content (AvgIpc) is 2.66. The Morgan fingerprint density at radius 3 is 2.32 bits per heavy atom. The summed E-state index contributed by atoms with van der Waals surface area (Å²) < 4.78 is 16.7. The number of hydrogen-bond donors (Lipinski definition) is 0. The summed E-state index contributed by atoms with van der Waals surface area (Å²) in [5, 5.41) is 0.